The normalized spacial score (nSPS) is 20.2. The number of hydrogen-bond acceptors (Lipinski definition) is 4. The summed E-state index contributed by atoms with van der Waals surface area (Å²) in [6.07, 6.45) is -0.537. The lowest BCUT2D eigenvalue weighted by atomic mass is 9.95. The van der Waals surface area contributed by atoms with E-state index in [1.165, 1.54) is 0 Å². The van der Waals surface area contributed by atoms with Crippen molar-refractivity contribution in [1.29, 1.82) is 0 Å². The van der Waals surface area contributed by atoms with Crippen molar-refractivity contribution in [2.24, 2.45) is 0 Å². The van der Waals surface area contributed by atoms with Gasteiger partial charge in [-0.05, 0) is 24.1 Å². The lowest BCUT2D eigenvalue weighted by Gasteiger charge is -2.33. The molecule has 108 valence electrons. The number of carbonyl (C=O) groups is 1. The summed E-state index contributed by atoms with van der Waals surface area (Å²) >= 11 is 0. The molecule has 21 heavy (non-hydrogen) atoms. The number of carbonyl (C=O) groups excluding carboxylic acids is 1. The van der Waals surface area contributed by atoms with Gasteiger partial charge in [0.05, 0.1) is 12.6 Å². The van der Waals surface area contributed by atoms with Crippen LogP contribution in [-0.2, 0) is 9.53 Å². The van der Waals surface area contributed by atoms with Gasteiger partial charge in [0.2, 0.25) is 0 Å². The third-order valence-corrected chi connectivity index (χ3v) is 3.56. The number of nitrogens with one attached hydrogen (secondary N) is 2. The zero-order valence-corrected chi connectivity index (χ0v) is 11.9. The van der Waals surface area contributed by atoms with Gasteiger partial charge >= 0.3 is 5.97 Å². The quantitative estimate of drug-likeness (QED) is 0.850. The number of anilines is 1. The molecule has 0 saturated heterocycles. The Bertz CT molecular complexity index is 628. The molecule has 0 amide bonds. The largest absolute Gasteiger partial charge is 0.463 e. The Balaban J connectivity index is 1.96. The van der Waals surface area contributed by atoms with E-state index in [1.807, 2.05) is 43.3 Å². The molecule has 4 heteroatoms. The second kappa shape index (κ2) is 5.97. The van der Waals surface area contributed by atoms with Crippen molar-refractivity contribution in [3.05, 3.63) is 65.7 Å². The van der Waals surface area contributed by atoms with Crippen molar-refractivity contribution in [3.8, 4) is 0 Å². The van der Waals surface area contributed by atoms with Crippen LogP contribution in [0.4, 0.5) is 5.69 Å². The molecule has 2 aromatic rings. The maximum absolute atomic E-state index is 12.0. The van der Waals surface area contributed by atoms with E-state index in [0.717, 1.165) is 16.8 Å². The zero-order valence-electron chi connectivity index (χ0n) is 11.9. The Kier molecular flexibility index (Phi) is 3.88. The van der Waals surface area contributed by atoms with Gasteiger partial charge in [0.1, 0.15) is 0 Å². The summed E-state index contributed by atoms with van der Waals surface area (Å²) in [4.78, 5) is 12.0. The molecule has 1 aliphatic rings. The minimum absolute atomic E-state index is 0.0296. The maximum atomic E-state index is 12.0. The first-order chi connectivity index (χ1) is 10.3. The van der Waals surface area contributed by atoms with Gasteiger partial charge in [-0.3, -0.25) is 5.32 Å². The van der Waals surface area contributed by atoms with Gasteiger partial charge in [-0.2, -0.15) is 0 Å². The number of hydrogen-bond donors (Lipinski definition) is 2. The fraction of sp³-hybridized carbons (Fsp3) is 0.235. The van der Waals surface area contributed by atoms with Gasteiger partial charge in [-0.1, -0.05) is 48.5 Å². The van der Waals surface area contributed by atoms with Crippen LogP contribution in [0.15, 0.2) is 54.6 Å². The lowest BCUT2D eigenvalue weighted by molar-refractivity contribution is -0.145. The minimum atomic E-state index is -0.537. The number of para-hydroxylation sites is 1. The third-order valence-electron chi connectivity index (χ3n) is 3.56. The predicted molar refractivity (Wildman–Crippen MR) is 81.9 cm³/mol. The van der Waals surface area contributed by atoms with Crippen molar-refractivity contribution in [3.63, 3.8) is 0 Å². The Labute approximate surface area is 124 Å². The highest BCUT2D eigenvalue weighted by atomic mass is 16.5. The Morgan fingerprint density at radius 3 is 2.57 bits per heavy atom. The first-order valence-corrected chi connectivity index (χ1v) is 7.12. The molecule has 1 aliphatic heterocycles. The van der Waals surface area contributed by atoms with Crippen LogP contribution < -0.4 is 10.6 Å². The van der Waals surface area contributed by atoms with Crippen LogP contribution in [0.3, 0.4) is 0 Å². The summed E-state index contributed by atoms with van der Waals surface area (Å²) < 4.78 is 5.12. The topological polar surface area (TPSA) is 50.4 Å². The SMILES string of the molecule is CCOC(=O)C1Nc2ccccc2C(c2ccccc2)N1. The minimum Gasteiger partial charge on any atom is -0.463 e. The summed E-state index contributed by atoms with van der Waals surface area (Å²) in [6.45, 7) is 2.18. The first kappa shape index (κ1) is 13.6. The second-order valence-corrected chi connectivity index (χ2v) is 4.93. The van der Waals surface area contributed by atoms with Gasteiger partial charge < -0.3 is 10.1 Å². The molecule has 0 saturated carbocycles. The summed E-state index contributed by atoms with van der Waals surface area (Å²) in [6, 6.07) is 18.1. The molecule has 2 atom stereocenters. The number of ether oxygens (including phenoxy) is 1. The molecule has 0 aliphatic carbocycles. The Hall–Kier alpha value is -2.33. The summed E-state index contributed by atoms with van der Waals surface area (Å²) in [5.74, 6) is -0.284. The molecular formula is C17H18N2O2. The van der Waals surface area contributed by atoms with Gasteiger partial charge in [0.25, 0.3) is 0 Å². The van der Waals surface area contributed by atoms with E-state index in [9.17, 15) is 4.79 Å². The number of rotatable bonds is 3. The fourth-order valence-corrected chi connectivity index (χ4v) is 2.61. The Morgan fingerprint density at radius 2 is 1.81 bits per heavy atom. The van der Waals surface area contributed by atoms with Crippen LogP contribution in [0, 0.1) is 0 Å². The monoisotopic (exact) mass is 282 g/mol. The average molecular weight is 282 g/mol. The van der Waals surface area contributed by atoms with E-state index in [4.69, 9.17) is 4.74 Å². The maximum Gasteiger partial charge on any atom is 0.343 e. The van der Waals surface area contributed by atoms with Crippen LogP contribution in [0.1, 0.15) is 24.1 Å². The van der Waals surface area contributed by atoms with E-state index < -0.39 is 6.17 Å². The molecule has 2 aromatic carbocycles. The number of fused-ring (bicyclic) bond motifs is 1. The van der Waals surface area contributed by atoms with Crippen molar-refractivity contribution in [2.75, 3.05) is 11.9 Å². The molecular weight excluding hydrogens is 264 g/mol. The van der Waals surface area contributed by atoms with Crippen molar-refractivity contribution in [2.45, 2.75) is 19.1 Å². The van der Waals surface area contributed by atoms with Gasteiger partial charge in [-0.25, -0.2) is 4.79 Å². The molecule has 0 fully saturated rings. The van der Waals surface area contributed by atoms with Crippen molar-refractivity contribution < 1.29 is 9.53 Å². The van der Waals surface area contributed by atoms with E-state index in [1.54, 1.807) is 0 Å². The third kappa shape index (κ3) is 2.76. The zero-order chi connectivity index (χ0) is 14.7. The van der Waals surface area contributed by atoms with E-state index in [-0.39, 0.29) is 12.0 Å². The first-order valence-electron chi connectivity index (χ1n) is 7.12. The molecule has 2 unspecified atom stereocenters. The van der Waals surface area contributed by atoms with Crippen LogP contribution >= 0.6 is 0 Å². The number of esters is 1. The van der Waals surface area contributed by atoms with Crippen LogP contribution in [0.5, 0.6) is 0 Å². The van der Waals surface area contributed by atoms with Crippen LogP contribution in [0.2, 0.25) is 0 Å². The number of benzene rings is 2. The van der Waals surface area contributed by atoms with E-state index >= 15 is 0 Å². The summed E-state index contributed by atoms with van der Waals surface area (Å²) in [5, 5.41) is 6.52. The van der Waals surface area contributed by atoms with Gasteiger partial charge in [0.15, 0.2) is 6.17 Å². The van der Waals surface area contributed by atoms with Crippen molar-refractivity contribution >= 4 is 11.7 Å². The molecule has 0 aromatic heterocycles. The van der Waals surface area contributed by atoms with E-state index in [2.05, 4.69) is 28.8 Å². The van der Waals surface area contributed by atoms with Gasteiger partial charge in [0, 0.05) is 5.69 Å². The highest BCUT2D eigenvalue weighted by molar-refractivity contribution is 5.80. The highest BCUT2D eigenvalue weighted by Gasteiger charge is 2.31. The van der Waals surface area contributed by atoms with E-state index in [0.29, 0.717) is 6.61 Å². The highest BCUT2D eigenvalue weighted by Crippen LogP contribution is 2.32. The second-order valence-electron chi connectivity index (χ2n) is 4.93. The lowest BCUT2D eigenvalue weighted by Crippen LogP contribution is -2.49. The standard InChI is InChI=1S/C17H18N2O2/c1-2-21-17(20)16-18-14-11-7-6-10-13(14)15(19-16)12-8-4-3-5-9-12/h3-11,15-16,18-19H,2H2,1H3. The molecule has 4 nitrogen and oxygen atoms in total. The van der Waals surface area contributed by atoms with Crippen molar-refractivity contribution in [1.82, 2.24) is 5.32 Å². The smallest absolute Gasteiger partial charge is 0.343 e. The molecule has 0 bridgehead atoms. The molecule has 3 rings (SSSR count). The summed E-state index contributed by atoms with van der Waals surface area (Å²) in [5.41, 5.74) is 3.22. The fourth-order valence-electron chi connectivity index (χ4n) is 2.61. The van der Waals surface area contributed by atoms with Crippen LogP contribution in [0.25, 0.3) is 0 Å². The Morgan fingerprint density at radius 1 is 1.10 bits per heavy atom. The van der Waals surface area contributed by atoms with Crippen LogP contribution in [-0.4, -0.2) is 18.7 Å². The average Bonchev–Trinajstić information content (AvgIpc) is 2.55. The molecule has 0 radical (unpaired) electrons. The van der Waals surface area contributed by atoms with Gasteiger partial charge in [-0.15, -0.1) is 0 Å². The molecule has 0 spiro atoms. The molecule has 1 heterocycles. The molecule has 2 N–H and O–H groups in total. The predicted octanol–water partition coefficient (Wildman–Crippen LogP) is 2.68. The summed E-state index contributed by atoms with van der Waals surface area (Å²) in [7, 11) is 0.